The highest BCUT2D eigenvalue weighted by atomic mass is 16.4. The van der Waals surface area contributed by atoms with Crippen molar-refractivity contribution in [2.45, 2.75) is 25.4 Å². The highest BCUT2D eigenvalue weighted by Crippen LogP contribution is 2.24. The first-order valence-corrected chi connectivity index (χ1v) is 5.39. The Labute approximate surface area is 94.1 Å². The monoisotopic (exact) mass is 221 g/mol. The summed E-state index contributed by atoms with van der Waals surface area (Å²) in [4.78, 5) is 12.5. The molecule has 0 aliphatic carbocycles. The molecular formula is C12H15NO3. The van der Waals surface area contributed by atoms with Crippen molar-refractivity contribution in [1.82, 2.24) is 4.90 Å². The SMILES string of the molecule is O=C(O)N1Cc2ccccc2C[C@H]1CCO. The molecule has 1 aliphatic rings. The Kier molecular flexibility index (Phi) is 3.10. The zero-order valence-corrected chi connectivity index (χ0v) is 8.97. The van der Waals surface area contributed by atoms with Gasteiger partial charge >= 0.3 is 6.09 Å². The van der Waals surface area contributed by atoms with E-state index in [0.717, 1.165) is 5.56 Å². The third kappa shape index (κ3) is 2.02. The van der Waals surface area contributed by atoms with Gasteiger partial charge in [-0.15, -0.1) is 0 Å². The lowest BCUT2D eigenvalue weighted by Crippen LogP contribution is -2.44. The molecule has 1 amide bonds. The standard InChI is InChI=1S/C12H15NO3/c14-6-5-11-7-9-3-1-2-4-10(9)8-13(11)12(15)16/h1-4,11,14H,5-8H2,(H,15,16)/t11-/m1/s1. The summed E-state index contributed by atoms with van der Waals surface area (Å²) >= 11 is 0. The number of aliphatic hydroxyl groups is 1. The van der Waals surface area contributed by atoms with E-state index in [1.807, 2.05) is 24.3 Å². The molecule has 16 heavy (non-hydrogen) atoms. The second-order valence-electron chi connectivity index (χ2n) is 4.05. The molecule has 1 aromatic rings. The Hall–Kier alpha value is -1.55. The number of hydrogen-bond donors (Lipinski definition) is 2. The molecule has 0 radical (unpaired) electrons. The second kappa shape index (κ2) is 4.53. The third-order valence-electron chi connectivity index (χ3n) is 3.06. The van der Waals surface area contributed by atoms with E-state index in [2.05, 4.69) is 0 Å². The summed E-state index contributed by atoms with van der Waals surface area (Å²) in [5.74, 6) is 0. The van der Waals surface area contributed by atoms with Crippen LogP contribution in [0.1, 0.15) is 17.5 Å². The number of amides is 1. The number of carboxylic acid groups (broad SMARTS) is 1. The summed E-state index contributed by atoms with van der Waals surface area (Å²) in [6.45, 7) is 0.451. The molecule has 0 saturated carbocycles. The fourth-order valence-corrected chi connectivity index (χ4v) is 2.22. The maximum absolute atomic E-state index is 11.1. The van der Waals surface area contributed by atoms with Gasteiger partial charge in [0.15, 0.2) is 0 Å². The van der Waals surface area contributed by atoms with Gasteiger partial charge in [-0.2, -0.15) is 0 Å². The van der Waals surface area contributed by atoms with E-state index in [4.69, 9.17) is 10.2 Å². The van der Waals surface area contributed by atoms with E-state index < -0.39 is 6.09 Å². The minimum absolute atomic E-state index is 0.0244. The molecule has 1 aliphatic heterocycles. The lowest BCUT2D eigenvalue weighted by Gasteiger charge is -2.34. The normalized spacial score (nSPS) is 19.3. The van der Waals surface area contributed by atoms with E-state index in [9.17, 15) is 4.79 Å². The smallest absolute Gasteiger partial charge is 0.407 e. The topological polar surface area (TPSA) is 60.8 Å². The first kappa shape index (κ1) is 11.0. The summed E-state index contributed by atoms with van der Waals surface area (Å²) in [5, 5.41) is 18.1. The maximum Gasteiger partial charge on any atom is 0.407 e. The molecule has 0 fully saturated rings. The van der Waals surface area contributed by atoms with E-state index in [1.165, 1.54) is 10.5 Å². The Balaban J connectivity index is 2.25. The van der Waals surface area contributed by atoms with Crippen molar-refractivity contribution in [3.05, 3.63) is 35.4 Å². The molecule has 0 unspecified atom stereocenters. The largest absolute Gasteiger partial charge is 0.465 e. The van der Waals surface area contributed by atoms with Gasteiger partial charge in [0.1, 0.15) is 0 Å². The Morgan fingerprint density at radius 2 is 2.06 bits per heavy atom. The van der Waals surface area contributed by atoms with Crippen LogP contribution in [0.25, 0.3) is 0 Å². The fourth-order valence-electron chi connectivity index (χ4n) is 2.22. The van der Waals surface area contributed by atoms with E-state index >= 15 is 0 Å². The molecule has 0 bridgehead atoms. The predicted molar refractivity (Wildman–Crippen MR) is 59.2 cm³/mol. The summed E-state index contributed by atoms with van der Waals surface area (Å²) < 4.78 is 0. The van der Waals surface area contributed by atoms with Gasteiger partial charge in [0.05, 0.1) is 0 Å². The number of benzene rings is 1. The van der Waals surface area contributed by atoms with Crippen molar-refractivity contribution in [3.63, 3.8) is 0 Å². The summed E-state index contributed by atoms with van der Waals surface area (Å²) in [7, 11) is 0. The van der Waals surface area contributed by atoms with E-state index in [-0.39, 0.29) is 12.6 Å². The number of hydrogen-bond acceptors (Lipinski definition) is 2. The molecule has 1 aromatic carbocycles. The minimum Gasteiger partial charge on any atom is -0.465 e. The average molecular weight is 221 g/mol. The molecule has 2 rings (SSSR count). The van der Waals surface area contributed by atoms with Gasteiger partial charge in [-0.1, -0.05) is 24.3 Å². The molecule has 0 spiro atoms. The molecule has 1 heterocycles. The van der Waals surface area contributed by atoms with Crippen molar-refractivity contribution in [3.8, 4) is 0 Å². The summed E-state index contributed by atoms with van der Waals surface area (Å²) in [5.41, 5.74) is 2.26. The van der Waals surface area contributed by atoms with Crippen molar-refractivity contribution in [2.75, 3.05) is 6.61 Å². The number of rotatable bonds is 2. The lowest BCUT2D eigenvalue weighted by atomic mass is 9.93. The highest BCUT2D eigenvalue weighted by molar-refractivity contribution is 5.66. The molecule has 4 heteroatoms. The van der Waals surface area contributed by atoms with E-state index in [1.54, 1.807) is 0 Å². The summed E-state index contributed by atoms with van der Waals surface area (Å²) in [6.07, 6.45) is 0.289. The second-order valence-corrected chi connectivity index (χ2v) is 4.05. The van der Waals surface area contributed by atoms with Gasteiger partial charge in [0.2, 0.25) is 0 Å². The first-order chi connectivity index (χ1) is 7.72. The molecule has 0 aromatic heterocycles. The number of nitrogens with zero attached hydrogens (tertiary/aromatic N) is 1. The van der Waals surface area contributed by atoms with Crippen LogP contribution in [0.4, 0.5) is 4.79 Å². The lowest BCUT2D eigenvalue weighted by molar-refractivity contribution is 0.104. The Morgan fingerprint density at radius 1 is 1.38 bits per heavy atom. The highest BCUT2D eigenvalue weighted by Gasteiger charge is 2.28. The Morgan fingerprint density at radius 3 is 2.69 bits per heavy atom. The van der Waals surface area contributed by atoms with Crippen LogP contribution in [0, 0.1) is 0 Å². The maximum atomic E-state index is 11.1. The molecule has 2 N–H and O–H groups in total. The Bertz CT molecular complexity index is 392. The quantitative estimate of drug-likeness (QED) is 0.795. The van der Waals surface area contributed by atoms with E-state index in [0.29, 0.717) is 19.4 Å². The van der Waals surface area contributed by atoms with Gasteiger partial charge in [0.25, 0.3) is 0 Å². The first-order valence-electron chi connectivity index (χ1n) is 5.39. The van der Waals surface area contributed by atoms with Gasteiger partial charge < -0.3 is 15.1 Å². The predicted octanol–water partition coefficient (Wildman–Crippen LogP) is 1.47. The van der Waals surface area contributed by atoms with Gasteiger partial charge in [0, 0.05) is 19.2 Å². The molecule has 86 valence electrons. The van der Waals surface area contributed by atoms with Crippen molar-refractivity contribution in [2.24, 2.45) is 0 Å². The fraction of sp³-hybridized carbons (Fsp3) is 0.417. The van der Waals surface area contributed by atoms with Crippen LogP contribution in [-0.2, 0) is 13.0 Å². The van der Waals surface area contributed by atoms with Crippen LogP contribution in [0.5, 0.6) is 0 Å². The number of aliphatic hydroxyl groups excluding tert-OH is 1. The zero-order valence-electron chi connectivity index (χ0n) is 8.97. The minimum atomic E-state index is -0.909. The van der Waals surface area contributed by atoms with Crippen LogP contribution >= 0.6 is 0 Å². The van der Waals surface area contributed by atoms with Gasteiger partial charge in [-0.25, -0.2) is 4.79 Å². The molecule has 4 nitrogen and oxygen atoms in total. The van der Waals surface area contributed by atoms with Crippen molar-refractivity contribution < 1.29 is 15.0 Å². The number of carbonyl (C=O) groups is 1. The molecule has 0 saturated heterocycles. The molecule has 1 atom stereocenters. The van der Waals surface area contributed by atoms with Crippen LogP contribution in [0.15, 0.2) is 24.3 Å². The van der Waals surface area contributed by atoms with Crippen LogP contribution < -0.4 is 0 Å². The third-order valence-corrected chi connectivity index (χ3v) is 3.06. The van der Waals surface area contributed by atoms with Gasteiger partial charge in [-0.05, 0) is 24.0 Å². The van der Waals surface area contributed by atoms with Crippen LogP contribution in [0.2, 0.25) is 0 Å². The van der Waals surface area contributed by atoms with Crippen LogP contribution in [-0.4, -0.2) is 33.9 Å². The van der Waals surface area contributed by atoms with Crippen molar-refractivity contribution in [1.29, 1.82) is 0 Å². The summed E-state index contributed by atoms with van der Waals surface area (Å²) in [6, 6.07) is 7.77. The molecular weight excluding hydrogens is 206 g/mol. The number of fused-ring (bicyclic) bond motifs is 1. The van der Waals surface area contributed by atoms with Crippen molar-refractivity contribution >= 4 is 6.09 Å². The van der Waals surface area contributed by atoms with Crippen LogP contribution in [0.3, 0.4) is 0 Å². The zero-order chi connectivity index (χ0) is 11.5. The van der Waals surface area contributed by atoms with Gasteiger partial charge in [-0.3, -0.25) is 0 Å². The average Bonchev–Trinajstić information content (AvgIpc) is 2.28.